The fourth-order valence-corrected chi connectivity index (χ4v) is 2.82. The van der Waals surface area contributed by atoms with E-state index in [1.54, 1.807) is 6.20 Å². The zero-order valence-corrected chi connectivity index (χ0v) is 14.4. The van der Waals surface area contributed by atoms with Crippen LogP contribution in [0.4, 0.5) is 0 Å². The standard InChI is InChI=1S/C19H14ClN3O3/c20-18-10-13(6-8-22-18)19(25)26-12-17(24)15-11-23(9-3-7-21)16-5-2-1-4-14(15)16/h1-2,4-6,8,10-11H,3,9,12H2. The van der Waals surface area contributed by atoms with Gasteiger partial charge in [-0.15, -0.1) is 0 Å². The normalized spacial score (nSPS) is 10.5. The Morgan fingerprint density at radius 1 is 1.27 bits per heavy atom. The van der Waals surface area contributed by atoms with Crippen molar-refractivity contribution in [2.45, 2.75) is 13.0 Å². The molecule has 0 radical (unpaired) electrons. The number of carbonyl (C=O) groups excluding carboxylic acids is 2. The van der Waals surface area contributed by atoms with E-state index >= 15 is 0 Å². The second kappa shape index (κ2) is 7.81. The summed E-state index contributed by atoms with van der Waals surface area (Å²) in [4.78, 5) is 28.4. The second-order valence-corrected chi connectivity index (χ2v) is 5.92. The Kier molecular flexibility index (Phi) is 5.30. The van der Waals surface area contributed by atoms with E-state index in [0.717, 1.165) is 10.9 Å². The van der Waals surface area contributed by atoms with Crippen molar-refractivity contribution in [1.82, 2.24) is 9.55 Å². The molecule has 0 saturated heterocycles. The number of fused-ring (bicyclic) bond motifs is 1. The molecule has 0 atom stereocenters. The number of hydrogen-bond acceptors (Lipinski definition) is 5. The third-order valence-electron chi connectivity index (χ3n) is 3.85. The summed E-state index contributed by atoms with van der Waals surface area (Å²) in [7, 11) is 0. The van der Waals surface area contributed by atoms with E-state index in [9.17, 15) is 9.59 Å². The summed E-state index contributed by atoms with van der Waals surface area (Å²) in [6, 6.07) is 12.3. The first-order chi connectivity index (χ1) is 12.6. The lowest BCUT2D eigenvalue weighted by atomic mass is 10.1. The van der Waals surface area contributed by atoms with Gasteiger partial charge < -0.3 is 9.30 Å². The average molecular weight is 368 g/mol. The number of benzene rings is 1. The summed E-state index contributed by atoms with van der Waals surface area (Å²) in [5, 5.41) is 9.72. The first-order valence-electron chi connectivity index (χ1n) is 7.87. The number of aromatic nitrogens is 2. The number of nitriles is 1. The molecule has 0 fully saturated rings. The number of hydrogen-bond donors (Lipinski definition) is 0. The molecule has 130 valence electrons. The molecule has 0 saturated carbocycles. The van der Waals surface area contributed by atoms with Gasteiger partial charge in [-0.3, -0.25) is 4.79 Å². The fraction of sp³-hybridized carbons (Fsp3) is 0.158. The van der Waals surface area contributed by atoms with Crippen LogP contribution in [0.3, 0.4) is 0 Å². The summed E-state index contributed by atoms with van der Waals surface area (Å²) >= 11 is 5.75. The fourth-order valence-electron chi connectivity index (χ4n) is 2.65. The molecular formula is C19H14ClN3O3. The number of pyridine rings is 1. The van der Waals surface area contributed by atoms with Gasteiger partial charge in [0.1, 0.15) is 5.15 Å². The monoisotopic (exact) mass is 367 g/mol. The molecule has 0 aliphatic rings. The topological polar surface area (TPSA) is 85.0 Å². The molecule has 2 aromatic heterocycles. The number of rotatable bonds is 6. The van der Waals surface area contributed by atoms with Crippen LogP contribution < -0.4 is 0 Å². The quantitative estimate of drug-likeness (QED) is 0.377. The zero-order chi connectivity index (χ0) is 18.5. The summed E-state index contributed by atoms with van der Waals surface area (Å²) in [6.07, 6.45) is 3.43. The molecule has 3 aromatic rings. The van der Waals surface area contributed by atoms with Gasteiger partial charge in [-0.05, 0) is 18.2 Å². The summed E-state index contributed by atoms with van der Waals surface area (Å²) in [5.74, 6) is -0.957. The van der Waals surface area contributed by atoms with Crippen LogP contribution in [-0.2, 0) is 11.3 Å². The summed E-state index contributed by atoms with van der Waals surface area (Å²) in [6.45, 7) is 0.102. The van der Waals surface area contributed by atoms with Crippen molar-refractivity contribution in [2.75, 3.05) is 6.61 Å². The van der Waals surface area contributed by atoms with Gasteiger partial charge in [0.05, 0.1) is 18.1 Å². The van der Waals surface area contributed by atoms with Crippen molar-refractivity contribution >= 4 is 34.3 Å². The molecule has 0 aliphatic carbocycles. The molecule has 0 spiro atoms. The minimum Gasteiger partial charge on any atom is -0.454 e. The van der Waals surface area contributed by atoms with E-state index in [-0.39, 0.29) is 23.1 Å². The average Bonchev–Trinajstić information content (AvgIpc) is 3.03. The lowest BCUT2D eigenvalue weighted by Gasteiger charge is -2.04. The molecule has 2 heterocycles. The molecular weight excluding hydrogens is 354 g/mol. The Labute approximate surface area is 154 Å². The smallest absolute Gasteiger partial charge is 0.338 e. The van der Waals surface area contributed by atoms with Gasteiger partial charge in [-0.1, -0.05) is 29.8 Å². The van der Waals surface area contributed by atoms with E-state index in [2.05, 4.69) is 11.1 Å². The maximum atomic E-state index is 12.6. The Morgan fingerprint density at radius 2 is 2.08 bits per heavy atom. The molecule has 0 aliphatic heterocycles. The number of ether oxygens (including phenoxy) is 1. The SMILES string of the molecule is N#CCCn1cc(C(=O)COC(=O)c2ccnc(Cl)c2)c2ccccc21. The largest absolute Gasteiger partial charge is 0.454 e. The molecule has 1 aromatic carbocycles. The van der Waals surface area contributed by atoms with Crippen LogP contribution in [0.1, 0.15) is 27.1 Å². The van der Waals surface area contributed by atoms with Gasteiger partial charge in [-0.2, -0.15) is 5.26 Å². The van der Waals surface area contributed by atoms with Gasteiger partial charge in [0, 0.05) is 35.4 Å². The van der Waals surface area contributed by atoms with Gasteiger partial charge in [0.2, 0.25) is 5.78 Å². The maximum Gasteiger partial charge on any atom is 0.338 e. The van der Waals surface area contributed by atoms with Crippen molar-refractivity contribution in [3.8, 4) is 6.07 Å². The predicted octanol–water partition coefficient (Wildman–Crippen LogP) is 3.64. The number of esters is 1. The zero-order valence-electron chi connectivity index (χ0n) is 13.7. The van der Waals surface area contributed by atoms with E-state index < -0.39 is 5.97 Å². The molecule has 0 N–H and O–H groups in total. The van der Waals surface area contributed by atoms with E-state index in [1.165, 1.54) is 18.3 Å². The molecule has 0 bridgehead atoms. The lowest BCUT2D eigenvalue weighted by Crippen LogP contribution is -2.14. The van der Waals surface area contributed by atoms with Gasteiger partial charge in [0.25, 0.3) is 0 Å². The third kappa shape index (κ3) is 3.73. The van der Waals surface area contributed by atoms with Crippen LogP contribution in [0.2, 0.25) is 5.15 Å². The Bertz CT molecular complexity index is 1020. The van der Waals surface area contributed by atoms with Crippen molar-refractivity contribution in [3.05, 3.63) is 65.1 Å². The van der Waals surface area contributed by atoms with Crippen LogP contribution >= 0.6 is 11.6 Å². The van der Waals surface area contributed by atoms with Crippen molar-refractivity contribution < 1.29 is 14.3 Å². The van der Waals surface area contributed by atoms with E-state index in [4.69, 9.17) is 21.6 Å². The Morgan fingerprint density at radius 3 is 2.85 bits per heavy atom. The number of Topliss-reactive ketones (excluding diaryl/α,β-unsaturated/α-hetero) is 1. The number of aryl methyl sites for hydroxylation is 1. The van der Waals surface area contributed by atoms with Crippen molar-refractivity contribution in [2.24, 2.45) is 0 Å². The first-order valence-corrected chi connectivity index (χ1v) is 8.24. The van der Waals surface area contributed by atoms with Gasteiger partial charge >= 0.3 is 5.97 Å². The van der Waals surface area contributed by atoms with Crippen molar-refractivity contribution in [1.29, 1.82) is 5.26 Å². The maximum absolute atomic E-state index is 12.6. The van der Waals surface area contributed by atoms with Crippen LogP contribution in [0.25, 0.3) is 10.9 Å². The van der Waals surface area contributed by atoms with Crippen LogP contribution in [0.5, 0.6) is 0 Å². The lowest BCUT2D eigenvalue weighted by molar-refractivity contribution is 0.0475. The molecule has 7 heteroatoms. The van der Waals surface area contributed by atoms with Crippen LogP contribution in [-0.4, -0.2) is 27.9 Å². The molecule has 3 rings (SSSR count). The van der Waals surface area contributed by atoms with Crippen LogP contribution in [0, 0.1) is 11.3 Å². The summed E-state index contributed by atoms with van der Waals surface area (Å²) < 4.78 is 6.96. The number of halogens is 1. The molecule has 26 heavy (non-hydrogen) atoms. The highest BCUT2D eigenvalue weighted by Crippen LogP contribution is 2.22. The third-order valence-corrected chi connectivity index (χ3v) is 4.06. The molecule has 0 amide bonds. The highest BCUT2D eigenvalue weighted by molar-refractivity contribution is 6.29. The second-order valence-electron chi connectivity index (χ2n) is 5.53. The van der Waals surface area contributed by atoms with E-state index in [1.807, 2.05) is 28.8 Å². The van der Waals surface area contributed by atoms with Crippen molar-refractivity contribution in [3.63, 3.8) is 0 Å². The molecule has 0 unspecified atom stereocenters. The Hall–Kier alpha value is -3.17. The van der Waals surface area contributed by atoms with Crippen LogP contribution in [0.15, 0.2) is 48.8 Å². The minimum atomic E-state index is -0.643. The Balaban J connectivity index is 1.78. The number of nitrogens with zero attached hydrogens (tertiary/aromatic N) is 3. The first kappa shape index (κ1) is 17.6. The van der Waals surface area contributed by atoms with E-state index in [0.29, 0.717) is 18.5 Å². The number of carbonyl (C=O) groups is 2. The van der Waals surface area contributed by atoms with Gasteiger partial charge in [-0.25, -0.2) is 9.78 Å². The minimum absolute atomic E-state index is 0.173. The highest BCUT2D eigenvalue weighted by atomic mass is 35.5. The predicted molar refractivity (Wildman–Crippen MR) is 96.0 cm³/mol. The highest BCUT2D eigenvalue weighted by Gasteiger charge is 2.17. The number of ketones is 1. The summed E-state index contributed by atoms with van der Waals surface area (Å²) in [5.41, 5.74) is 1.55. The van der Waals surface area contributed by atoms with Gasteiger partial charge in [0.15, 0.2) is 6.61 Å². The molecule has 6 nitrogen and oxygen atoms in total. The number of para-hydroxylation sites is 1.